The van der Waals surface area contributed by atoms with Crippen molar-refractivity contribution in [1.82, 2.24) is 10.0 Å². The molecule has 1 unspecified atom stereocenters. The fourth-order valence-electron chi connectivity index (χ4n) is 1.99. The Bertz CT molecular complexity index is 496. The van der Waals surface area contributed by atoms with Gasteiger partial charge in [-0.3, -0.25) is 0 Å². The Balaban J connectivity index is 2.12. The van der Waals surface area contributed by atoms with Gasteiger partial charge >= 0.3 is 0 Å². The number of sulfonamides is 1. The maximum absolute atomic E-state index is 11.8. The molecular formula is C12H18N2O3S. The molecule has 1 aliphatic heterocycles. The first-order valence-corrected chi connectivity index (χ1v) is 7.50. The van der Waals surface area contributed by atoms with Crippen molar-refractivity contribution in [3.05, 3.63) is 24.3 Å². The Hall–Kier alpha value is -1.11. The van der Waals surface area contributed by atoms with E-state index in [1.807, 2.05) is 0 Å². The molecule has 1 aromatic carbocycles. The maximum Gasteiger partial charge on any atom is 0.243 e. The molecule has 100 valence electrons. The highest BCUT2D eigenvalue weighted by Crippen LogP contribution is 2.23. The van der Waals surface area contributed by atoms with Gasteiger partial charge in [0.15, 0.2) is 0 Å². The van der Waals surface area contributed by atoms with Crippen LogP contribution in [0.4, 0.5) is 0 Å². The van der Waals surface area contributed by atoms with E-state index < -0.39 is 10.0 Å². The molecule has 0 aliphatic carbocycles. The Morgan fingerprint density at radius 2 is 2.22 bits per heavy atom. The average molecular weight is 270 g/mol. The summed E-state index contributed by atoms with van der Waals surface area (Å²) in [6, 6.07) is 7.00. The Morgan fingerprint density at radius 1 is 1.44 bits per heavy atom. The quantitative estimate of drug-likeness (QED) is 0.827. The van der Waals surface area contributed by atoms with Gasteiger partial charge in [-0.2, -0.15) is 0 Å². The zero-order valence-corrected chi connectivity index (χ0v) is 11.2. The first-order chi connectivity index (χ1) is 8.63. The molecule has 1 atom stereocenters. The van der Waals surface area contributed by atoms with E-state index in [0.29, 0.717) is 18.4 Å². The van der Waals surface area contributed by atoms with Gasteiger partial charge in [0.2, 0.25) is 10.0 Å². The third-order valence-corrected chi connectivity index (χ3v) is 4.46. The third kappa shape index (κ3) is 3.01. The fraction of sp³-hybridized carbons (Fsp3) is 0.500. The highest BCUT2D eigenvalue weighted by atomic mass is 32.2. The lowest BCUT2D eigenvalue weighted by molar-refractivity contribution is 0.271. The normalized spacial score (nSPS) is 19.9. The standard InChI is InChI=1S/C12H18N2O3S/c1-13-18(15,16)12-7-3-2-6-11(12)17-9-10-5-4-8-14-10/h2-3,6-7,10,13-14H,4-5,8-9H2,1H3. The minimum atomic E-state index is -3.47. The lowest BCUT2D eigenvalue weighted by Crippen LogP contribution is -2.28. The van der Waals surface area contributed by atoms with E-state index in [4.69, 9.17) is 4.74 Å². The predicted octanol–water partition coefficient (Wildman–Crippen LogP) is 0.725. The minimum Gasteiger partial charge on any atom is -0.491 e. The summed E-state index contributed by atoms with van der Waals surface area (Å²) in [5, 5.41) is 3.31. The van der Waals surface area contributed by atoms with Crippen LogP contribution in [0.15, 0.2) is 29.2 Å². The molecule has 0 spiro atoms. The number of rotatable bonds is 5. The molecule has 2 N–H and O–H groups in total. The molecule has 0 bridgehead atoms. The van der Waals surface area contributed by atoms with Crippen LogP contribution < -0.4 is 14.8 Å². The molecule has 2 rings (SSSR count). The third-order valence-electron chi connectivity index (χ3n) is 3.01. The van der Waals surface area contributed by atoms with Crippen LogP contribution in [-0.4, -0.2) is 34.7 Å². The van der Waals surface area contributed by atoms with Crippen LogP contribution in [0.1, 0.15) is 12.8 Å². The molecule has 1 saturated heterocycles. The number of ether oxygens (including phenoxy) is 1. The van der Waals surface area contributed by atoms with E-state index in [2.05, 4.69) is 10.0 Å². The number of hydrogen-bond acceptors (Lipinski definition) is 4. The Morgan fingerprint density at radius 3 is 2.89 bits per heavy atom. The highest BCUT2D eigenvalue weighted by Gasteiger charge is 2.19. The molecule has 5 nitrogen and oxygen atoms in total. The van der Waals surface area contributed by atoms with Crippen LogP contribution >= 0.6 is 0 Å². The largest absolute Gasteiger partial charge is 0.491 e. The summed E-state index contributed by atoms with van der Waals surface area (Å²) in [5.41, 5.74) is 0. The van der Waals surface area contributed by atoms with Gasteiger partial charge in [-0.25, -0.2) is 13.1 Å². The van der Waals surface area contributed by atoms with Crippen LogP contribution in [0.3, 0.4) is 0 Å². The second kappa shape index (κ2) is 5.69. The Kier molecular flexibility index (Phi) is 4.21. The molecule has 6 heteroatoms. The van der Waals surface area contributed by atoms with E-state index >= 15 is 0 Å². The lowest BCUT2D eigenvalue weighted by Gasteiger charge is -2.14. The van der Waals surface area contributed by atoms with Gasteiger partial charge in [-0.05, 0) is 38.6 Å². The van der Waals surface area contributed by atoms with Gasteiger partial charge < -0.3 is 10.1 Å². The van der Waals surface area contributed by atoms with Crippen molar-refractivity contribution >= 4 is 10.0 Å². The molecular weight excluding hydrogens is 252 g/mol. The molecule has 1 fully saturated rings. The number of para-hydroxylation sites is 1. The fourth-order valence-corrected chi connectivity index (χ4v) is 2.86. The first kappa shape index (κ1) is 13.3. The van der Waals surface area contributed by atoms with Crippen molar-refractivity contribution < 1.29 is 13.2 Å². The zero-order valence-electron chi connectivity index (χ0n) is 10.3. The van der Waals surface area contributed by atoms with E-state index in [-0.39, 0.29) is 4.90 Å². The molecule has 0 radical (unpaired) electrons. The van der Waals surface area contributed by atoms with Crippen molar-refractivity contribution in [1.29, 1.82) is 0 Å². The number of nitrogens with one attached hydrogen (secondary N) is 2. The van der Waals surface area contributed by atoms with Crippen LogP contribution in [0.5, 0.6) is 5.75 Å². The van der Waals surface area contributed by atoms with E-state index in [1.54, 1.807) is 24.3 Å². The van der Waals surface area contributed by atoms with Crippen LogP contribution in [0.2, 0.25) is 0 Å². The number of hydrogen-bond donors (Lipinski definition) is 2. The Labute approximate surface area is 108 Å². The van der Waals surface area contributed by atoms with E-state index in [1.165, 1.54) is 7.05 Å². The van der Waals surface area contributed by atoms with Crippen LogP contribution in [0.25, 0.3) is 0 Å². The second-order valence-corrected chi connectivity index (χ2v) is 6.11. The first-order valence-electron chi connectivity index (χ1n) is 6.02. The molecule has 18 heavy (non-hydrogen) atoms. The van der Waals surface area contributed by atoms with Gasteiger partial charge in [0, 0.05) is 6.04 Å². The van der Waals surface area contributed by atoms with Gasteiger partial charge in [-0.15, -0.1) is 0 Å². The summed E-state index contributed by atoms with van der Waals surface area (Å²) >= 11 is 0. The maximum atomic E-state index is 11.8. The minimum absolute atomic E-state index is 0.186. The molecule has 0 aromatic heterocycles. The van der Waals surface area contributed by atoms with E-state index in [0.717, 1.165) is 19.4 Å². The molecule has 0 saturated carbocycles. The smallest absolute Gasteiger partial charge is 0.243 e. The monoisotopic (exact) mass is 270 g/mol. The average Bonchev–Trinajstić information content (AvgIpc) is 2.90. The summed E-state index contributed by atoms with van der Waals surface area (Å²) < 4.78 is 31.6. The number of benzene rings is 1. The predicted molar refractivity (Wildman–Crippen MR) is 69.2 cm³/mol. The molecule has 1 aromatic rings. The van der Waals surface area contributed by atoms with Gasteiger partial charge in [0.05, 0.1) is 0 Å². The van der Waals surface area contributed by atoms with Crippen molar-refractivity contribution in [3.8, 4) is 5.75 Å². The SMILES string of the molecule is CNS(=O)(=O)c1ccccc1OCC1CCCN1. The summed E-state index contributed by atoms with van der Waals surface area (Å²) in [5.74, 6) is 0.403. The second-order valence-electron chi connectivity index (χ2n) is 4.26. The topological polar surface area (TPSA) is 67.4 Å². The van der Waals surface area contributed by atoms with Gasteiger partial charge in [-0.1, -0.05) is 12.1 Å². The molecule has 1 heterocycles. The summed E-state index contributed by atoms with van der Waals surface area (Å²) in [4.78, 5) is 0.186. The van der Waals surface area contributed by atoms with Crippen LogP contribution in [0, 0.1) is 0 Å². The van der Waals surface area contributed by atoms with E-state index in [9.17, 15) is 8.42 Å². The van der Waals surface area contributed by atoms with Gasteiger partial charge in [0.1, 0.15) is 17.3 Å². The summed E-state index contributed by atoms with van der Waals surface area (Å²) in [7, 11) is -2.08. The van der Waals surface area contributed by atoms with Crippen LogP contribution in [-0.2, 0) is 10.0 Å². The van der Waals surface area contributed by atoms with Gasteiger partial charge in [0.25, 0.3) is 0 Å². The van der Waals surface area contributed by atoms with Crippen molar-refractivity contribution in [2.75, 3.05) is 20.2 Å². The lowest BCUT2D eigenvalue weighted by atomic mass is 10.2. The summed E-state index contributed by atoms with van der Waals surface area (Å²) in [6.07, 6.45) is 2.21. The van der Waals surface area contributed by atoms with Crippen molar-refractivity contribution in [3.63, 3.8) is 0 Å². The molecule has 1 aliphatic rings. The molecule has 0 amide bonds. The van der Waals surface area contributed by atoms with Crippen molar-refractivity contribution in [2.24, 2.45) is 0 Å². The zero-order chi connectivity index (χ0) is 13.0. The summed E-state index contributed by atoms with van der Waals surface area (Å²) in [6.45, 7) is 1.50. The van der Waals surface area contributed by atoms with Crippen molar-refractivity contribution in [2.45, 2.75) is 23.8 Å². The highest BCUT2D eigenvalue weighted by molar-refractivity contribution is 7.89.